The minimum atomic E-state index is 0.196. The highest BCUT2D eigenvalue weighted by Gasteiger charge is 2.13. The first-order chi connectivity index (χ1) is 7.86. The molecule has 0 aliphatic carbocycles. The molecule has 1 fully saturated rings. The van der Waals surface area contributed by atoms with Crippen molar-refractivity contribution >= 4 is 0 Å². The normalized spacial score (nSPS) is 17.9. The molecule has 2 N–H and O–H groups in total. The number of rotatable bonds is 8. The van der Waals surface area contributed by atoms with Gasteiger partial charge in [-0.25, -0.2) is 0 Å². The summed E-state index contributed by atoms with van der Waals surface area (Å²) in [5, 5.41) is 12.2. The summed E-state index contributed by atoms with van der Waals surface area (Å²) >= 11 is 0. The molecule has 1 saturated heterocycles. The van der Waals surface area contributed by atoms with Crippen LogP contribution in [0.3, 0.4) is 0 Å². The number of hydrogen-bond acceptors (Lipinski definition) is 4. The van der Waals surface area contributed by atoms with Gasteiger partial charge in [0.15, 0.2) is 0 Å². The summed E-state index contributed by atoms with van der Waals surface area (Å²) in [6.45, 7) is 9.17. The Kier molecular flexibility index (Phi) is 7.42. The van der Waals surface area contributed by atoms with Crippen molar-refractivity contribution in [2.75, 3.05) is 45.9 Å². The Bertz CT molecular complexity index is 182. The molecule has 0 spiro atoms. The molecule has 94 valence electrons. The summed E-state index contributed by atoms with van der Waals surface area (Å²) in [6, 6.07) is 0. The van der Waals surface area contributed by atoms with Crippen molar-refractivity contribution in [1.29, 1.82) is 0 Å². The van der Waals surface area contributed by atoms with Gasteiger partial charge in [0.25, 0.3) is 0 Å². The molecule has 0 unspecified atom stereocenters. The molecule has 1 heterocycles. The summed E-state index contributed by atoms with van der Waals surface area (Å²) in [5.74, 6) is 0. The third-order valence-electron chi connectivity index (χ3n) is 2.85. The van der Waals surface area contributed by atoms with Gasteiger partial charge in [0.2, 0.25) is 0 Å². The Hall–Kier alpha value is -0.420. The minimum absolute atomic E-state index is 0.196. The molecule has 16 heavy (non-hydrogen) atoms. The lowest BCUT2D eigenvalue weighted by molar-refractivity contribution is 0.0198. The topological polar surface area (TPSA) is 44.7 Å². The standard InChI is InChI=1S/C12H24N2O2/c1-2-7-14(8-10-15)9-11-16-12-3-5-13-6-4-12/h2,12-13,15H,1,3-11H2. The van der Waals surface area contributed by atoms with E-state index in [2.05, 4.69) is 16.8 Å². The molecular formula is C12H24N2O2. The Balaban J connectivity index is 2.08. The number of hydrogen-bond donors (Lipinski definition) is 2. The van der Waals surface area contributed by atoms with E-state index in [4.69, 9.17) is 9.84 Å². The molecule has 1 aliphatic heterocycles. The maximum Gasteiger partial charge on any atom is 0.0600 e. The van der Waals surface area contributed by atoms with Gasteiger partial charge in [-0.3, -0.25) is 4.90 Å². The van der Waals surface area contributed by atoms with Gasteiger partial charge in [0.1, 0.15) is 0 Å². The summed E-state index contributed by atoms with van der Waals surface area (Å²) < 4.78 is 5.81. The van der Waals surface area contributed by atoms with Crippen molar-refractivity contribution in [2.45, 2.75) is 18.9 Å². The first-order valence-electron chi connectivity index (χ1n) is 6.13. The lowest BCUT2D eigenvalue weighted by Gasteiger charge is -2.25. The van der Waals surface area contributed by atoms with Crippen LogP contribution in [0, 0.1) is 0 Å². The van der Waals surface area contributed by atoms with E-state index in [0.717, 1.165) is 45.6 Å². The van der Waals surface area contributed by atoms with Gasteiger partial charge in [-0.2, -0.15) is 0 Å². The van der Waals surface area contributed by atoms with Crippen LogP contribution >= 0.6 is 0 Å². The van der Waals surface area contributed by atoms with Crippen LogP contribution in [0.1, 0.15) is 12.8 Å². The second-order valence-electron chi connectivity index (χ2n) is 4.13. The predicted octanol–water partition coefficient (Wildman–Crippen LogP) is 0.235. The fraction of sp³-hybridized carbons (Fsp3) is 0.833. The highest BCUT2D eigenvalue weighted by atomic mass is 16.5. The van der Waals surface area contributed by atoms with Crippen LogP contribution in [0.25, 0.3) is 0 Å². The van der Waals surface area contributed by atoms with E-state index in [1.165, 1.54) is 0 Å². The number of piperidine rings is 1. The lowest BCUT2D eigenvalue weighted by Crippen LogP contribution is -2.35. The van der Waals surface area contributed by atoms with Crippen LogP contribution in [0.4, 0.5) is 0 Å². The van der Waals surface area contributed by atoms with Crippen LogP contribution in [0.2, 0.25) is 0 Å². The van der Waals surface area contributed by atoms with Crippen LogP contribution in [-0.4, -0.2) is 62.0 Å². The van der Waals surface area contributed by atoms with E-state index in [-0.39, 0.29) is 6.61 Å². The van der Waals surface area contributed by atoms with Gasteiger partial charge in [-0.1, -0.05) is 6.08 Å². The summed E-state index contributed by atoms with van der Waals surface area (Å²) in [6.07, 6.45) is 4.50. The van der Waals surface area contributed by atoms with Gasteiger partial charge >= 0.3 is 0 Å². The van der Waals surface area contributed by atoms with E-state index in [9.17, 15) is 0 Å². The number of aliphatic hydroxyl groups is 1. The zero-order chi connectivity index (χ0) is 11.6. The molecule has 0 aromatic rings. The van der Waals surface area contributed by atoms with Crippen molar-refractivity contribution in [3.8, 4) is 0 Å². The molecule has 1 aliphatic rings. The molecule has 0 aromatic carbocycles. The lowest BCUT2D eigenvalue weighted by atomic mass is 10.1. The zero-order valence-electron chi connectivity index (χ0n) is 10.0. The highest BCUT2D eigenvalue weighted by Crippen LogP contribution is 2.06. The third-order valence-corrected chi connectivity index (χ3v) is 2.85. The number of aliphatic hydroxyl groups excluding tert-OH is 1. The first-order valence-corrected chi connectivity index (χ1v) is 6.13. The number of nitrogens with one attached hydrogen (secondary N) is 1. The van der Waals surface area contributed by atoms with E-state index in [0.29, 0.717) is 12.6 Å². The third kappa shape index (κ3) is 5.61. The van der Waals surface area contributed by atoms with Crippen LogP contribution in [0.15, 0.2) is 12.7 Å². The Morgan fingerprint density at radius 1 is 1.38 bits per heavy atom. The van der Waals surface area contributed by atoms with E-state index in [1.807, 2.05) is 6.08 Å². The average Bonchev–Trinajstić information content (AvgIpc) is 2.31. The summed E-state index contributed by atoms with van der Waals surface area (Å²) in [4.78, 5) is 2.15. The zero-order valence-corrected chi connectivity index (χ0v) is 10.0. The molecule has 0 radical (unpaired) electrons. The highest BCUT2D eigenvalue weighted by molar-refractivity contribution is 4.73. The van der Waals surface area contributed by atoms with Crippen molar-refractivity contribution in [3.05, 3.63) is 12.7 Å². The monoisotopic (exact) mass is 228 g/mol. The number of nitrogens with zero attached hydrogens (tertiary/aromatic N) is 1. The number of ether oxygens (including phenoxy) is 1. The molecule has 0 amide bonds. The summed E-state index contributed by atoms with van der Waals surface area (Å²) in [5.41, 5.74) is 0. The molecule has 1 rings (SSSR count). The van der Waals surface area contributed by atoms with Gasteiger partial charge in [0, 0.05) is 19.6 Å². The second-order valence-corrected chi connectivity index (χ2v) is 4.13. The Morgan fingerprint density at radius 2 is 2.12 bits per heavy atom. The summed E-state index contributed by atoms with van der Waals surface area (Å²) in [7, 11) is 0. The van der Waals surface area contributed by atoms with Gasteiger partial charge in [-0.15, -0.1) is 6.58 Å². The van der Waals surface area contributed by atoms with Crippen LogP contribution in [-0.2, 0) is 4.74 Å². The second kappa shape index (κ2) is 8.70. The Morgan fingerprint density at radius 3 is 2.75 bits per heavy atom. The molecule has 0 saturated carbocycles. The van der Waals surface area contributed by atoms with Crippen LogP contribution in [0.5, 0.6) is 0 Å². The average molecular weight is 228 g/mol. The van der Waals surface area contributed by atoms with E-state index < -0.39 is 0 Å². The van der Waals surface area contributed by atoms with Crippen molar-refractivity contribution in [3.63, 3.8) is 0 Å². The van der Waals surface area contributed by atoms with Gasteiger partial charge < -0.3 is 15.2 Å². The minimum Gasteiger partial charge on any atom is -0.395 e. The smallest absolute Gasteiger partial charge is 0.0600 e. The van der Waals surface area contributed by atoms with Crippen molar-refractivity contribution in [1.82, 2.24) is 10.2 Å². The molecular weight excluding hydrogens is 204 g/mol. The van der Waals surface area contributed by atoms with Gasteiger partial charge in [0.05, 0.1) is 19.3 Å². The van der Waals surface area contributed by atoms with Gasteiger partial charge in [-0.05, 0) is 25.9 Å². The maximum absolute atomic E-state index is 8.89. The fourth-order valence-electron chi connectivity index (χ4n) is 1.93. The fourth-order valence-corrected chi connectivity index (χ4v) is 1.93. The molecule has 0 aromatic heterocycles. The quantitative estimate of drug-likeness (QED) is 0.584. The Labute approximate surface area is 98.3 Å². The van der Waals surface area contributed by atoms with Crippen LogP contribution < -0.4 is 5.32 Å². The molecule has 0 atom stereocenters. The van der Waals surface area contributed by atoms with E-state index in [1.54, 1.807) is 0 Å². The first kappa shape index (κ1) is 13.6. The molecule has 0 bridgehead atoms. The van der Waals surface area contributed by atoms with Crippen molar-refractivity contribution in [2.24, 2.45) is 0 Å². The maximum atomic E-state index is 8.89. The molecule has 4 nitrogen and oxygen atoms in total. The van der Waals surface area contributed by atoms with E-state index >= 15 is 0 Å². The predicted molar refractivity (Wildman–Crippen MR) is 65.6 cm³/mol. The molecule has 4 heteroatoms. The largest absolute Gasteiger partial charge is 0.395 e. The van der Waals surface area contributed by atoms with Crippen molar-refractivity contribution < 1.29 is 9.84 Å². The SMILES string of the molecule is C=CCN(CCO)CCOC1CCNCC1.